The normalized spacial score (nSPS) is 11.9. The van der Waals surface area contributed by atoms with Gasteiger partial charge in [-0.1, -0.05) is 0 Å². The number of rotatable bonds is 5. The van der Waals surface area contributed by atoms with Crippen molar-refractivity contribution in [2.45, 2.75) is 31.8 Å². The summed E-state index contributed by atoms with van der Waals surface area (Å²) in [7, 11) is 0. The Bertz CT molecular complexity index is 1090. The molecule has 2 aromatic heterocycles. The highest BCUT2D eigenvalue weighted by Crippen LogP contribution is 2.26. The highest BCUT2D eigenvalue weighted by Gasteiger charge is 2.16. The number of H-pyrrole nitrogens is 1. The second kappa shape index (κ2) is 7.94. The van der Waals surface area contributed by atoms with Gasteiger partial charge in [0.05, 0.1) is 28.0 Å². The van der Waals surface area contributed by atoms with Crippen molar-refractivity contribution in [3.63, 3.8) is 0 Å². The molecule has 2 heterocycles. The molecule has 0 aliphatic rings. The number of aromatic nitrogens is 2. The van der Waals surface area contributed by atoms with E-state index in [2.05, 4.69) is 15.3 Å². The Kier molecular flexibility index (Phi) is 5.63. The lowest BCUT2D eigenvalue weighted by atomic mass is 10.2. The van der Waals surface area contributed by atoms with Crippen LogP contribution in [0.1, 0.15) is 28.8 Å². The molecule has 3 aromatic rings. The molecule has 0 aliphatic heterocycles. The monoisotopic (exact) mass is 398 g/mol. The number of fused-ring (bicyclic) bond motifs is 1. The van der Waals surface area contributed by atoms with Gasteiger partial charge in [-0.3, -0.25) is 9.59 Å². The molecule has 0 fully saturated rings. The number of carbonyl (C=O) groups excluding carboxylic acids is 1. The second-order valence-electron chi connectivity index (χ2n) is 6.11. The van der Waals surface area contributed by atoms with Crippen LogP contribution < -0.4 is 10.9 Å². The first kappa shape index (κ1) is 19.1. The summed E-state index contributed by atoms with van der Waals surface area (Å²) in [5.74, 6) is 0.857. The molecule has 0 saturated carbocycles. The van der Waals surface area contributed by atoms with Crippen LogP contribution in [0, 0.1) is 25.2 Å². The van der Waals surface area contributed by atoms with Crippen LogP contribution in [0.25, 0.3) is 10.2 Å². The molecule has 1 atom stereocenters. The number of benzene rings is 1. The first-order chi connectivity index (χ1) is 12.9. The third kappa shape index (κ3) is 4.21. The van der Waals surface area contributed by atoms with E-state index in [1.165, 1.54) is 23.1 Å². The second-order valence-corrected chi connectivity index (χ2v) is 8.64. The van der Waals surface area contributed by atoms with E-state index >= 15 is 0 Å². The van der Waals surface area contributed by atoms with Crippen LogP contribution in [0.4, 0.5) is 5.69 Å². The van der Waals surface area contributed by atoms with Crippen molar-refractivity contribution in [3.8, 4) is 6.07 Å². The lowest BCUT2D eigenvalue weighted by Crippen LogP contribution is -2.23. The van der Waals surface area contributed by atoms with Crippen LogP contribution in [0.2, 0.25) is 0 Å². The minimum Gasteiger partial charge on any atom is -0.325 e. The van der Waals surface area contributed by atoms with Gasteiger partial charge in [-0.15, -0.1) is 23.1 Å². The molecular formula is C19H18N4O2S2. The number of thiophene rings is 1. The molecule has 27 heavy (non-hydrogen) atoms. The van der Waals surface area contributed by atoms with Gasteiger partial charge >= 0.3 is 0 Å². The highest BCUT2D eigenvalue weighted by atomic mass is 32.2. The Morgan fingerprint density at radius 3 is 2.74 bits per heavy atom. The van der Waals surface area contributed by atoms with Crippen molar-refractivity contribution >= 4 is 44.9 Å². The smallest absolute Gasteiger partial charge is 0.259 e. The Labute approximate surface area is 164 Å². The van der Waals surface area contributed by atoms with Gasteiger partial charge in [-0.05, 0) is 50.6 Å². The third-order valence-corrected chi connectivity index (χ3v) is 6.46. The first-order valence-corrected chi connectivity index (χ1v) is 10.2. The van der Waals surface area contributed by atoms with Crippen LogP contribution in [0.3, 0.4) is 0 Å². The van der Waals surface area contributed by atoms with E-state index in [4.69, 9.17) is 5.26 Å². The Hall–Kier alpha value is -2.63. The quantitative estimate of drug-likeness (QED) is 0.682. The third-order valence-electron chi connectivity index (χ3n) is 4.21. The van der Waals surface area contributed by atoms with E-state index in [-0.39, 0.29) is 16.7 Å². The average molecular weight is 399 g/mol. The molecule has 0 radical (unpaired) electrons. The zero-order valence-corrected chi connectivity index (χ0v) is 16.8. The van der Waals surface area contributed by atoms with Crippen LogP contribution in [-0.4, -0.2) is 21.1 Å². The Balaban J connectivity index is 1.65. The van der Waals surface area contributed by atoms with Gasteiger partial charge in [0, 0.05) is 10.6 Å². The van der Waals surface area contributed by atoms with Crippen LogP contribution in [0.15, 0.2) is 29.1 Å². The molecule has 1 unspecified atom stereocenters. The summed E-state index contributed by atoms with van der Waals surface area (Å²) in [6.07, 6.45) is 0. The minimum atomic E-state index is -0.326. The topological polar surface area (TPSA) is 98.6 Å². The molecule has 0 aliphatic carbocycles. The van der Waals surface area contributed by atoms with E-state index < -0.39 is 0 Å². The van der Waals surface area contributed by atoms with Crippen molar-refractivity contribution in [3.05, 3.63) is 56.4 Å². The zero-order valence-electron chi connectivity index (χ0n) is 15.1. The maximum atomic E-state index is 12.3. The number of hydrogen-bond acceptors (Lipinski definition) is 6. The number of hydrogen-bond donors (Lipinski definition) is 2. The number of nitriles is 1. The molecule has 1 aromatic carbocycles. The summed E-state index contributed by atoms with van der Waals surface area (Å²) in [5.41, 5.74) is 2.02. The van der Waals surface area contributed by atoms with Gasteiger partial charge in [0.25, 0.3) is 5.56 Å². The summed E-state index contributed by atoms with van der Waals surface area (Å²) in [5, 5.41) is 12.0. The van der Waals surface area contributed by atoms with Crippen molar-refractivity contribution < 1.29 is 4.79 Å². The lowest BCUT2D eigenvalue weighted by molar-refractivity contribution is -0.115. The predicted octanol–water partition coefficient (Wildman–Crippen LogP) is 3.73. The molecule has 138 valence electrons. The molecule has 0 spiro atoms. The van der Waals surface area contributed by atoms with Gasteiger partial charge in [0.2, 0.25) is 5.91 Å². The summed E-state index contributed by atoms with van der Waals surface area (Å²) in [6, 6.07) is 8.74. The maximum Gasteiger partial charge on any atom is 0.259 e. The van der Waals surface area contributed by atoms with E-state index in [9.17, 15) is 9.59 Å². The van der Waals surface area contributed by atoms with Gasteiger partial charge in [0.15, 0.2) is 0 Å². The fourth-order valence-corrected chi connectivity index (χ4v) is 4.32. The Morgan fingerprint density at radius 1 is 1.37 bits per heavy atom. The molecule has 6 nitrogen and oxygen atoms in total. The van der Waals surface area contributed by atoms with Crippen LogP contribution >= 0.6 is 23.1 Å². The maximum absolute atomic E-state index is 12.3. The number of thioether (sulfide) groups is 1. The number of aromatic amines is 1. The molecule has 3 rings (SSSR count). The summed E-state index contributed by atoms with van der Waals surface area (Å²) in [6.45, 7) is 5.71. The van der Waals surface area contributed by atoms with E-state index in [0.29, 0.717) is 28.2 Å². The molecule has 8 heteroatoms. The lowest BCUT2D eigenvalue weighted by Gasteiger charge is -2.11. The van der Waals surface area contributed by atoms with Gasteiger partial charge < -0.3 is 10.3 Å². The van der Waals surface area contributed by atoms with Gasteiger partial charge in [0.1, 0.15) is 10.7 Å². The largest absolute Gasteiger partial charge is 0.325 e. The van der Waals surface area contributed by atoms with Crippen LogP contribution in [-0.2, 0) is 10.5 Å². The van der Waals surface area contributed by atoms with Crippen molar-refractivity contribution in [2.24, 2.45) is 0 Å². The summed E-state index contributed by atoms with van der Waals surface area (Å²) in [4.78, 5) is 33.8. The van der Waals surface area contributed by atoms with E-state index in [1.807, 2.05) is 19.9 Å². The minimum absolute atomic E-state index is 0.132. The van der Waals surface area contributed by atoms with Crippen molar-refractivity contribution in [1.29, 1.82) is 5.26 Å². The van der Waals surface area contributed by atoms with E-state index in [1.54, 1.807) is 31.2 Å². The zero-order chi connectivity index (χ0) is 19.6. The summed E-state index contributed by atoms with van der Waals surface area (Å²) < 4.78 is 0. The fourth-order valence-electron chi connectivity index (χ4n) is 2.52. The molecular weight excluding hydrogens is 380 g/mol. The molecule has 0 bridgehead atoms. The number of nitrogens with one attached hydrogen (secondary N) is 2. The standard InChI is InChI=1S/C19H18N4O2S2/c1-10-11(2)27-19-16(10)18(25)22-15(23-19)9-26-12(3)17(24)21-14-6-4-13(8-20)5-7-14/h4-7,12H,9H2,1-3H3,(H,21,24)(H,22,23,25). The van der Waals surface area contributed by atoms with Crippen LogP contribution in [0.5, 0.6) is 0 Å². The molecule has 1 amide bonds. The first-order valence-electron chi connectivity index (χ1n) is 8.30. The van der Waals surface area contributed by atoms with Crippen molar-refractivity contribution in [2.75, 3.05) is 5.32 Å². The van der Waals surface area contributed by atoms with Crippen molar-refractivity contribution in [1.82, 2.24) is 9.97 Å². The molecule has 0 saturated heterocycles. The number of aryl methyl sites for hydroxylation is 2. The van der Waals surface area contributed by atoms with Gasteiger partial charge in [-0.2, -0.15) is 5.26 Å². The number of carbonyl (C=O) groups is 1. The van der Waals surface area contributed by atoms with Gasteiger partial charge in [-0.25, -0.2) is 4.98 Å². The SMILES string of the molecule is Cc1sc2nc(CSC(C)C(=O)Nc3ccc(C#N)cc3)[nH]c(=O)c2c1C. The fraction of sp³-hybridized carbons (Fsp3) is 0.263. The van der Waals surface area contributed by atoms with E-state index in [0.717, 1.165) is 15.3 Å². The average Bonchev–Trinajstić information content (AvgIpc) is 2.94. The predicted molar refractivity (Wildman–Crippen MR) is 110 cm³/mol. The Morgan fingerprint density at radius 2 is 2.07 bits per heavy atom. The number of anilines is 1. The highest BCUT2D eigenvalue weighted by molar-refractivity contribution is 7.99. The molecule has 2 N–H and O–H groups in total. The summed E-state index contributed by atoms with van der Waals surface area (Å²) >= 11 is 2.91. The number of nitrogens with zero attached hydrogens (tertiary/aromatic N) is 2. The number of amides is 1.